The van der Waals surface area contributed by atoms with E-state index in [0.29, 0.717) is 10.0 Å². The van der Waals surface area contributed by atoms with Gasteiger partial charge in [-0.1, -0.05) is 41.4 Å². The predicted octanol–water partition coefficient (Wildman–Crippen LogP) is 5.11. The highest BCUT2D eigenvalue weighted by Crippen LogP contribution is 2.31. The second-order valence-electron chi connectivity index (χ2n) is 4.82. The van der Waals surface area contributed by atoms with Crippen LogP contribution in [0.3, 0.4) is 0 Å². The minimum absolute atomic E-state index is 0.0628. The van der Waals surface area contributed by atoms with Gasteiger partial charge in [0.25, 0.3) is 0 Å². The molecule has 1 aromatic carbocycles. The molecule has 2 nitrogen and oxygen atoms in total. The van der Waals surface area contributed by atoms with Crippen LogP contribution in [0.15, 0.2) is 41.9 Å². The smallest absolute Gasteiger partial charge is 0.0763 e. The molecule has 0 fully saturated rings. The summed E-state index contributed by atoms with van der Waals surface area (Å²) >= 11 is 14.0. The molecule has 0 aliphatic heterocycles. The zero-order valence-corrected chi connectivity index (χ0v) is 13.8. The Balaban J connectivity index is 1.94. The Morgan fingerprint density at radius 2 is 2.10 bits per heavy atom. The number of likely N-dealkylation sites (N-methyl/N-ethyl adjacent to an activating group) is 1. The van der Waals surface area contributed by atoms with Crippen molar-refractivity contribution < 1.29 is 0 Å². The molecule has 21 heavy (non-hydrogen) atoms. The van der Waals surface area contributed by atoms with E-state index in [1.54, 1.807) is 23.6 Å². The second kappa shape index (κ2) is 6.32. The number of hydrogen-bond acceptors (Lipinski definition) is 3. The molecule has 2 aromatic heterocycles. The molecular formula is C16H14Cl2N2S. The number of aromatic nitrogens is 1. The molecule has 0 bridgehead atoms. The molecule has 2 heterocycles. The van der Waals surface area contributed by atoms with E-state index >= 15 is 0 Å². The van der Waals surface area contributed by atoms with Gasteiger partial charge in [-0.15, -0.1) is 11.3 Å². The van der Waals surface area contributed by atoms with Crippen LogP contribution in [0.5, 0.6) is 0 Å². The number of halogens is 2. The van der Waals surface area contributed by atoms with Crippen LogP contribution in [0.4, 0.5) is 0 Å². The number of fused-ring (bicyclic) bond motifs is 1. The van der Waals surface area contributed by atoms with Gasteiger partial charge < -0.3 is 5.32 Å². The highest BCUT2D eigenvalue weighted by molar-refractivity contribution is 7.17. The fourth-order valence-electron chi connectivity index (χ4n) is 2.43. The zero-order chi connectivity index (χ0) is 14.8. The van der Waals surface area contributed by atoms with Gasteiger partial charge in [-0.3, -0.25) is 4.98 Å². The molecule has 0 radical (unpaired) electrons. The van der Waals surface area contributed by atoms with Crippen molar-refractivity contribution in [3.05, 3.63) is 63.2 Å². The van der Waals surface area contributed by atoms with E-state index < -0.39 is 0 Å². The molecule has 3 aromatic rings. The zero-order valence-electron chi connectivity index (χ0n) is 11.4. The summed E-state index contributed by atoms with van der Waals surface area (Å²) in [4.78, 5) is 4.39. The minimum atomic E-state index is 0.0628. The first-order chi connectivity index (χ1) is 10.2. The van der Waals surface area contributed by atoms with Gasteiger partial charge in [-0.2, -0.15) is 0 Å². The Labute approximate surface area is 137 Å². The molecule has 0 saturated carbocycles. The maximum absolute atomic E-state index is 6.28. The number of nitrogens with one attached hydrogen (secondary N) is 1. The van der Waals surface area contributed by atoms with E-state index in [1.807, 2.05) is 7.05 Å². The quantitative estimate of drug-likeness (QED) is 0.716. The van der Waals surface area contributed by atoms with Gasteiger partial charge in [0.1, 0.15) is 0 Å². The molecule has 0 spiro atoms. The van der Waals surface area contributed by atoms with Gasteiger partial charge in [-0.25, -0.2) is 0 Å². The van der Waals surface area contributed by atoms with E-state index in [1.165, 1.54) is 15.6 Å². The number of thiophene rings is 1. The Morgan fingerprint density at radius 1 is 1.29 bits per heavy atom. The summed E-state index contributed by atoms with van der Waals surface area (Å²) in [7, 11) is 1.92. The van der Waals surface area contributed by atoms with Crippen molar-refractivity contribution in [2.75, 3.05) is 7.05 Å². The summed E-state index contributed by atoms with van der Waals surface area (Å²) < 4.78 is 1.30. The maximum Gasteiger partial charge on any atom is 0.0763 e. The summed E-state index contributed by atoms with van der Waals surface area (Å²) in [5.74, 6) is 0. The first-order valence-corrected chi connectivity index (χ1v) is 8.26. The Kier molecular flexibility index (Phi) is 4.45. The highest BCUT2D eigenvalue weighted by atomic mass is 35.5. The number of benzene rings is 1. The average molecular weight is 337 g/mol. The van der Waals surface area contributed by atoms with E-state index in [-0.39, 0.29) is 6.04 Å². The van der Waals surface area contributed by atoms with E-state index in [0.717, 1.165) is 12.1 Å². The van der Waals surface area contributed by atoms with Crippen molar-refractivity contribution in [2.24, 2.45) is 0 Å². The normalized spacial score (nSPS) is 12.7. The Morgan fingerprint density at radius 3 is 2.86 bits per heavy atom. The maximum atomic E-state index is 6.28. The first-order valence-electron chi connectivity index (χ1n) is 6.62. The fraction of sp³-hybridized carbons (Fsp3) is 0.188. The predicted molar refractivity (Wildman–Crippen MR) is 91.6 cm³/mol. The molecule has 0 aliphatic carbocycles. The highest BCUT2D eigenvalue weighted by Gasteiger charge is 2.17. The molecule has 3 rings (SSSR count). The number of nitrogens with zero attached hydrogens (tertiary/aromatic N) is 1. The molecule has 1 N–H and O–H groups in total. The van der Waals surface area contributed by atoms with Crippen LogP contribution in [-0.2, 0) is 6.42 Å². The standard InChI is InChI=1S/C16H14Cl2N2S/c1-19-14(16-13(18)7-11(17)8-20-16)6-10-9-21-15-5-3-2-4-12(10)15/h2-5,7-9,14,19H,6H2,1H3. The fourth-order valence-corrected chi connectivity index (χ4v) is 3.92. The number of rotatable bonds is 4. The summed E-state index contributed by atoms with van der Waals surface area (Å²) in [6.07, 6.45) is 2.48. The molecule has 0 aliphatic rings. The van der Waals surface area contributed by atoms with Gasteiger partial charge in [-0.05, 0) is 41.9 Å². The van der Waals surface area contributed by atoms with Gasteiger partial charge in [0.05, 0.1) is 21.8 Å². The SMILES string of the molecule is CNC(Cc1csc2ccccc12)c1ncc(Cl)cc1Cl. The lowest BCUT2D eigenvalue weighted by atomic mass is 10.0. The third-order valence-electron chi connectivity index (χ3n) is 3.50. The summed E-state index contributed by atoms with van der Waals surface area (Å²) in [6.45, 7) is 0. The number of pyridine rings is 1. The first kappa shape index (κ1) is 14.8. The summed E-state index contributed by atoms with van der Waals surface area (Å²) in [5.41, 5.74) is 2.14. The topological polar surface area (TPSA) is 24.9 Å². The van der Waals surface area contributed by atoms with Crippen LogP contribution in [0.2, 0.25) is 10.0 Å². The Bertz CT molecular complexity index is 770. The molecule has 0 amide bonds. The minimum Gasteiger partial charge on any atom is -0.311 e. The average Bonchev–Trinajstić information content (AvgIpc) is 2.89. The third kappa shape index (κ3) is 3.06. The van der Waals surface area contributed by atoms with Gasteiger partial charge in [0.15, 0.2) is 0 Å². The largest absolute Gasteiger partial charge is 0.311 e. The van der Waals surface area contributed by atoms with Gasteiger partial charge in [0, 0.05) is 10.9 Å². The number of hydrogen-bond donors (Lipinski definition) is 1. The van der Waals surface area contributed by atoms with Crippen molar-refractivity contribution in [2.45, 2.75) is 12.5 Å². The van der Waals surface area contributed by atoms with Crippen LogP contribution in [0.25, 0.3) is 10.1 Å². The van der Waals surface area contributed by atoms with Gasteiger partial charge in [0.2, 0.25) is 0 Å². The molecule has 1 unspecified atom stereocenters. The molecule has 5 heteroatoms. The van der Waals surface area contributed by atoms with Crippen molar-refractivity contribution >= 4 is 44.6 Å². The lowest BCUT2D eigenvalue weighted by Crippen LogP contribution is -2.20. The van der Waals surface area contributed by atoms with Crippen LogP contribution >= 0.6 is 34.5 Å². The molecule has 108 valence electrons. The lowest BCUT2D eigenvalue weighted by molar-refractivity contribution is 0.578. The van der Waals surface area contributed by atoms with Crippen LogP contribution in [0, 0.1) is 0 Å². The van der Waals surface area contributed by atoms with E-state index in [2.05, 4.69) is 39.9 Å². The molecule has 1 atom stereocenters. The lowest BCUT2D eigenvalue weighted by Gasteiger charge is -2.16. The van der Waals surface area contributed by atoms with E-state index in [9.17, 15) is 0 Å². The molecular weight excluding hydrogens is 323 g/mol. The monoisotopic (exact) mass is 336 g/mol. The van der Waals surface area contributed by atoms with E-state index in [4.69, 9.17) is 23.2 Å². The van der Waals surface area contributed by atoms with Crippen molar-refractivity contribution in [3.8, 4) is 0 Å². The van der Waals surface area contributed by atoms with Crippen LogP contribution < -0.4 is 5.32 Å². The summed E-state index contributed by atoms with van der Waals surface area (Å²) in [6, 6.07) is 10.2. The van der Waals surface area contributed by atoms with Crippen molar-refractivity contribution in [1.82, 2.24) is 10.3 Å². The second-order valence-corrected chi connectivity index (χ2v) is 6.58. The summed E-state index contributed by atoms with van der Waals surface area (Å²) in [5, 5.41) is 7.96. The Hall–Kier alpha value is -1.13. The van der Waals surface area contributed by atoms with Crippen molar-refractivity contribution in [1.29, 1.82) is 0 Å². The molecule has 0 saturated heterocycles. The third-order valence-corrected chi connectivity index (χ3v) is 5.02. The van der Waals surface area contributed by atoms with Crippen molar-refractivity contribution in [3.63, 3.8) is 0 Å². The van der Waals surface area contributed by atoms with Crippen LogP contribution in [0.1, 0.15) is 17.3 Å². The van der Waals surface area contributed by atoms with Gasteiger partial charge >= 0.3 is 0 Å². The van der Waals surface area contributed by atoms with Crippen LogP contribution in [-0.4, -0.2) is 12.0 Å².